The molecule has 0 aromatic carbocycles. The summed E-state index contributed by atoms with van der Waals surface area (Å²) in [7, 11) is 2.17. The summed E-state index contributed by atoms with van der Waals surface area (Å²) < 4.78 is 0. The van der Waals surface area contributed by atoms with Gasteiger partial charge in [-0.3, -0.25) is 0 Å². The van der Waals surface area contributed by atoms with Crippen molar-refractivity contribution >= 4 is 6.03 Å². The van der Waals surface area contributed by atoms with Crippen LogP contribution in [-0.4, -0.2) is 62.1 Å². The fourth-order valence-electron chi connectivity index (χ4n) is 2.69. The van der Waals surface area contributed by atoms with Crippen LogP contribution in [0, 0.1) is 0 Å². The molecule has 0 atom stereocenters. The topological polar surface area (TPSA) is 47.6 Å². The molecule has 2 amide bonds. The van der Waals surface area contributed by atoms with Gasteiger partial charge in [0.05, 0.1) is 0 Å². The first kappa shape index (κ1) is 16.0. The molecule has 1 aliphatic heterocycles. The van der Waals surface area contributed by atoms with Crippen molar-refractivity contribution in [1.29, 1.82) is 0 Å². The van der Waals surface area contributed by atoms with Gasteiger partial charge >= 0.3 is 6.03 Å². The number of likely N-dealkylation sites (N-methyl/N-ethyl adjacent to an activating group) is 1. The highest BCUT2D eigenvalue weighted by molar-refractivity contribution is 5.76. The lowest BCUT2D eigenvalue weighted by Crippen LogP contribution is -2.45. The summed E-state index contributed by atoms with van der Waals surface area (Å²) in [4.78, 5) is 16.7. The monoisotopic (exact) mass is 296 g/mol. The van der Waals surface area contributed by atoms with E-state index in [4.69, 9.17) is 0 Å². The van der Waals surface area contributed by atoms with Crippen molar-refractivity contribution in [2.45, 2.75) is 26.2 Å². The second-order valence-electron chi connectivity index (χ2n) is 5.96. The number of hydrogen-bond acceptors (Lipinski definition) is 3. The fourth-order valence-corrected chi connectivity index (χ4v) is 2.69. The number of allylic oxidation sites excluding steroid dienone is 3. The number of amides is 2. The van der Waals surface area contributed by atoms with Gasteiger partial charge in [-0.2, -0.15) is 0 Å². The van der Waals surface area contributed by atoms with Gasteiger partial charge in [-0.25, -0.2) is 4.79 Å². The molecule has 2 N–H and O–H groups in total. The molecule has 0 radical (unpaired) electrons. The van der Waals surface area contributed by atoms with Crippen LogP contribution < -0.4 is 10.6 Å². The van der Waals surface area contributed by atoms with Crippen LogP contribution in [0.25, 0.3) is 0 Å². The lowest BCUT2D eigenvalue weighted by Gasteiger charge is -2.32. The number of rotatable bonds is 5. The van der Waals surface area contributed by atoms with Gasteiger partial charge in [-0.05, 0) is 45.4 Å². The molecule has 0 bridgehead atoms. The Kier molecular flexibility index (Phi) is 6.26. The average molecular weight is 296 g/mol. The molecule has 0 saturated carbocycles. The largest absolute Gasteiger partial charge is 0.338 e. The van der Waals surface area contributed by atoms with E-state index in [2.05, 4.69) is 39.6 Å². The van der Waals surface area contributed by atoms with Gasteiger partial charge in [0.1, 0.15) is 0 Å². The highest BCUT2D eigenvalue weighted by Gasteiger charge is 2.13. The summed E-state index contributed by atoms with van der Waals surface area (Å²) >= 11 is 0. The minimum absolute atomic E-state index is 0. The first-order valence-electron chi connectivity index (χ1n) is 7.98. The van der Waals surface area contributed by atoms with E-state index in [9.17, 15) is 4.79 Å². The van der Waals surface area contributed by atoms with E-state index < -0.39 is 0 Å². The number of piperazine rings is 1. The Labute approximate surface area is 131 Å². The molecule has 0 spiro atoms. The molecule has 5 nitrogen and oxygen atoms in total. The van der Waals surface area contributed by atoms with E-state index in [1.165, 1.54) is 0 Å². The van der Waals surface area contributed by atoms with Crippen molar-refractivity contribution in [2.24, 2.45) is 0 Å². The molecule has 0 unspecified atom stereocenters. The predicted octanol–water partition coefficient (Wildman–Crippen LogP) is 2.04. The van der Waals surface area contributed by atoms with Gasteiger partial charge in [0, 0.05) is 41.3 Å². The molecule has 122 valence electrons. The van der Waals surface area contributed by atoms with Gasteiger partial charge in [0.15, 0.2) is 0 Å². The molecule has 0 aromatic rings. The van der Waals surface area contributed by atoms with Gasteiger partial charge in [-0.1, -0.05) is 12.2 Å². The standard InChI is InChI=1S/C16H28N4O.2H2/c1-14-6-3-4-7-15(14)18-16(21)17-8-5-9-20-12-10-19(2)11-13-20;;/h6-7H,3-5,8-13H2,1-2H3,(H2,17,18,21);2*1H. The molecule has 1 fully saturated rings. The Morgan fingerprint density at radius 2 is 1.95 bits per heavy atom. The summed E-state index contributed by atoms with van der Waals surface area (Å²) in [6.07, 6.45) is 7.35. The number of carbonyl (C=O) groups is 1. The van der Waals surface area contributed by atoms with Crippen LogP contribution in [0.5, 0.6) is 0 Å². The Morgan fingerprint density at radius 1 is 1.24 bits per heavy atom. The molecule has 2 rings (SSSR count). The first-order chi connectivity index (χ1) is 10.1. The van der Waals surface area contributed by atoms with Crippen LogP contribution in [0.15, 0.2) is 23.4 Å². The minimum Gasteiger partial charge on any atom is -0.338 e. The second-order valence-corrected chi connectivity index (χ2v) is 5.96. The molecule has 2 aliphatic rings. The lowest BCUT2D eigenvalue weighted by atomic mass is 10.1. The Balaban J connectivity index is 0.00000242. The smallest absolute Gasteiger partial charge is 0.319 e. The second kappa shape index (κ2) is 8.20. The summed E-state index contributed by atoms with van der Waals surface area (Å²) in [5.41, 5.74) is 2.12. The highest BCUT2D eigenvalue weighted by atomic mass is 16.2. The Bertz CT molecular complexity index is 418. The zero-order chi connectivity index (χ0) is 15.1. The maximum Gasteiger partial charge on any atom is 0.319 e. The fraction of sp³-hybridized carbons (Fsp3) is 0.688. The number of nitrogens with zero attached hydrogens (tertiary/aromatic N) is 2. The Morgan fingerprint density at radius 3 is 2.67 bits per heavy atom. The molecule has 0 aromatic heterocycles. The Hall–Kier alpha value is -1.33. The predicted molar refractivity (Wildman–Crippen MR) is 90.4 cm³/mol. The third-order valence-electron chi connectivity index (χ3n) is 4.17. The summed E-state index contributed by atoms with van der Waals surface area (Å²) in [6.45, 7) is 8.41. The van der Waals surface area contributed by atoms with E-state index in [1.54, 1.807) is 0 Å². The molecule has 5 heteroatoms. The summed E-state index contributed by atoms with van der Waals surface area (Å²) in [5.74, 6) is 0. The van der Waals surface area contributed by atoms with Crippen molar-refractivity contribution in [2.75, 3.05) is 46.3 Å². The lowest BCUT2D eigenvalue weighted by molar-refractivity contribution is 0.153. The first-order valence-corrected chi connectivity index (χ1v) is 7.98. The van der Waals surface area contributed by atoms with Crippen LogP contribution >= 0.6 is 0 Å². The number of urea groups is 1. The van der Waals surface area contributed by atoms with Crippen molar-refractivity contribution in [3.8, 4) is 0 Å². The van der Waals surface area contributed by atoms with Gasteiger partial charge in [0.25, 0.3) is 0 Å². The molecule has 1 heterocycles. The van der Waals surface area contributed by atoms with Crippen molar-refractivity contribution in [1.82, 2.24) is 20.4 Å². The quantitative estimate of drug-likeness (QED) is 0.763. The van der Waals surface area contributed by atoms with E-state index in [1.807, 2.05) is 6.92 Å². The molecule has 21 heavy (non-hydrogen) atoms. The molecular formula is C16H32N4O. The third kappa shape index (κ3) is 5.52. The molecular weight excluding hydrogens is 264 g/mol. The zero-order valence-corrected chi connectivity index (χ0v) is 13.3. The van der Waals surface area contributed by atoms with Gasteiger partial charge in [-0.15, -0.1) is 0 Å². The number of hydrogen-bond donors (Lipinski definition) is 2. The van der Waals surface area contributed by atoms with Crippen molar-refractivity contribution in [3.63, 3.8) is 0 Å². The maximum atomic E-state index is 11.8. The SMILES string of the molecule is CC1=CCCC=C1NC(=O)NCCCN1CCN(C)CC1.[HH].[HH]. The van der Waals surface area contributed by atoms with Crippen molar-refractivity contribution in [3.05, 3.63) is 23.4 Å². The van der Waals surface area contributed by atoms with Crippen LogP contribution in [0.4, 0.5) is 4.79 Å². The average Bonchev–Trinajstić information content (AvgIpc) is 2.48. The van der Waals surface area contributed by atoms with E-state index in [0.29, 0.717) is 0 Å². The number of nitrogens with one attached hydrogen (secondary N) is 2. The molecule has 1 aliphatic carbocycles. The van der Waals surface area contributed by atoms with E-state index >= 15 is 0 Å². The van der Waals surface area contributed by atoms with Crippen LogP contribution in [0.1, 0.15) is 29.0 Å². The van der Waals surface area contributed by atoms with Crippen LogP contribution in [0.2, 0.25) is 0 Å². The zero-order valence-electron chi connectivity index (χ0n) is 13.3. The molecule has 1 saturated heterocycles. The van der Waals surface area contributed by atoms with Gasteiger partial charge < -0.3 is 20.4 Å². The highest BCUT2D eigenvalue weighted by Crippen LogP contribution is 2.15. The van der Waals surface area contributed by atoms with Gasteiger partial charge in [0.2, 0.25) is 0 Å². The van der Waals surface area contributed by atoms with Crippen molar-refractivity contribution < 1.29 is 7.65 Å². The third-order valence-corrected chi connectivity index (χ3v) is 4.17. The van der Waals surface area contributed by atoms with E-state index in [0.717, 1.165) is 69.8 Å². The normalized spacial score (nSPS) is 20.7. The van der Waals surface area contributed by atoms with Crippen LogP contribution in [-0.2, 0) is 0 Å². The summed E-state index contributed by atoms with van der Waals surface area (Å²) in [6, 6.07) is -0.0886. The maximum absolute atomic E-state index is 11.8. The van der Waals surface area contributed by atoms with Crippen LogP contribution in [0.3, 0.4) is 0 Å². The number of carbonyl (C=O) groups excluding carboxylic acids is 1. The summed E-state index contributed by atoms with van der Waals surface area (Å²) in [5, 5.41) is 5.88. The minimum atomic E-state index is -0.0886. The van der Waals surface area contributed by atoms with E-state index in [-0.39, 0.29) is 8.88 Å².